The molecule has 0 bridgehead atoms. The van der Waals surface area contributed by atoms with Crippen molar-refractivity contribution in [3.05, 3.63) is 44.9 Å². The van der Waals surface area contributed by atoms with Crippen molar-refractivity contribution in [3.8, 4) is 0 Å². The van der Waals surface area contributed by atoms with Crippen LogP contribution < -0.4 is 5.43 Å². The lowest BCUT2D eigenvalue weighted by Gasteiger charge is -1.97. The van der Waals surface area contributed by atoms with Crippen LogP contribution in [0.1, 0.15) is 27.9 Å². The third-order valence-electron chi connectivity index (χ3n) is 2.53. The van der Waals surface area contributed by atoms with Crippen LogP contribution in [0, 0.1) is 6.92 Å². The van der Waals surface area contributed by atoms with E-state index in [9.17, 15) is 4.79 Å². The fourth-order valence-electron chi connectivity index (χ4n) is 1.57. The second-order valence-corrected chi connectivity index (χ2v) is 5.90. The summed E-state index contributed by atoms with van der Waals surface area (Å²) >= 11 is 4.67. The van der Waals surface area contributed by atoms with E-state index < -0.39 is 0 Å². The molecule has 2 aromatic rings. The molecule has 0 amide bonds. The van der Waals surface area contributed by atoms with Gasteiger partial charge in [0.15, 0.2) is 0 Å². The zero-order valence-corrected chi connectivity index (χ0v) is 14.0. The first kappa shape index (κ1) is 15.7. The highest BCUT2D eigenvalue weighted by molar-refractivity contribution is 9.10. The Morgan fingerprint density at radius 2 is 2.29 bits per heavy atom. The molecule has 2 rings (SSSR count). The van der Waals surface area contributed by atoms with Crippen molar-refractivity contribution < 1.29 is 9.53 Å². The molecule has 0 atom stereocenters. The molecule has 7 heteroatoms. The first-order valence-corrected chi connectivity index (χ1v) is 7.91. The topological polar surface area (TPSA) is 63.6 Å². The highest BCUT2D eigenvalue weighted by Gasteiger charge is 2.15. The summed E-state index contributed by atoms with van der Waals surface area (Å²) in [6, 6.07) is 7.74. The van der Waals surface area contributed by atoms with Gasteiger partial charge in [-0.15, -0.1) is 0 Å². The number of thiazole rings is 1. The van der Waals surface area contributed by atoms with Crippen LogP contribution >= 0.6 is 27.3 Å². The quantitative estimate of drug-likeness (QED) is 0.495. The summed E-state index contributed by atoms with van der Waals surface area (Å²) in [6.07, 6.45) is 1.69. The van der Waals surface area contributed by atoms with Crippen LogP contribution in [0.3, 0.4) is 0 Å². The van der Waals surface area contributed by atoms with Gasteiger partial charge in [0.2, 0.25) is 5.13 Å². The number of hydrogen-bond donors (Lipinski definition) is 1. The zero-order valence-electron chi connectivity index (χ0n) is 11.6. The third kappa shape index (κ3) is 4.12. The molecule has 21 heavy (non-hydrogen) atoms. The Morgan fingerprint density at radius 3 is 3.00 bits per heavy atom. The number of hydrazone groups is 1. The van der Waals surface area contributed by atoms with Crippen molar-refractivity contribution >= 4 is 44.6 Å². The predicted molar refractivity (Wildman–Crippen MR) is 88.2 cm³/mol. The molecular weight excluding hydrogens is 354 g/mol. The number of rotatable bonds is 5. The number of ether oxygens (including phenoxy) is 1. The van der Waals surface area contributed by atoms with Crippen molar-refractivity contribution in [2.75, 3.05) is 12.0 Å². The fraction of sp³-hybridized carbons (Fsp3) is 0.214. The molecule has 0 spiro atoms. The second-order valence-electron chi connectivity index (χ2n) is 4.05. The van der Waals surface area contributed by atoms with Crippen molar-refractivity contribution in [1.82, 2.24) is 4.98 Å². The van der Waals surface area contributed by atoms with Crippen molar-refractivity contribution in [2.24, 2.45) is 5.10 Å². The molecule has 110 valence electrons. The maximum atomic E-state index is 11.7. The number of carbonyl (C=O) groups excluding carboxylic acids is 1. The van der Waals surface area contributed by atoms with Gasteiger partial charge >= 0.3 is 5.97 Å². The molecule has 1 heterocycles. The number of nitrogens with one attached hydrogen (secondary N) is 1. The monoisotopic (exact) mass is 367 g/mol. The molecule has 0 aliphatic carbocycles. The maximum Gasteiger partial charge on any atom is 0.350 e. The fourth-order valence-corrected chi connectivity index (χ4v) is 2.76. The first-order chi connectivity index (χ1) is 10.1. The van der Waals surface area contributed by atoms with E-state index in [0.29, 0.717) is 22.3 Å². The van der Waals surface area contributed by atoms with Gasteiger partial charge in [0.1, 0.15) is 4.88 Å². The Hall–Kier alpha value is -1.73. The van der Waals surface area contributed by atoms with Gasteiger partial charge in [0.25, 0.3) is 0 Å². The van der Waals surface area contributed by atoms with Crippen LogP contribution in [0.5, 0.6) is 0 Å². The molecule has 0 aliphatic heterocycles. The van der Waals surface area contributed by atoms with Crippen LogP contribution in [0.15, 0.2) is 33.8 Å². The molecular formula is C14H14BrN3O2S. The Bertz CT molecular complexity index is 670. The van der Waals surface area contributed by atoms with E-state index in [4.69, 9.17) is 4.74 Å². The summed E-state index contributed by atoms with van der Waals surface area (Å²) in [5.41, 5.74) is 4.41. The molecule has 1 aromatic carbocycles. The Morgan fingerprint density at radius 1 is 1.52 bits per heavy atom. The number of anilines is 1. The number of carbonyl (C=O) groups is 1. The number of esters is 1. The van der Waals surface area contributed by atoms with Gasteiger partial charge < -0.3 is 4.74 Å². The van der Waals surface area contributed by atoms with Crippen LogP contribution in [0.25, 0.3) is 0 Å². The Labute approximate surface area is 135 Å². The van der Waals surface area contributed by atoms with E-state index in [2.05, 4.69) is 31.4 Å². The van der Waals surface area contributed by atoms with E-state index in [1.807, 2.05) is 24.3 Å². The van der Waals surface area contributed by atoms with Gasteiger partial charge in [-0.2, -0.15) is 5.10 Å². The summed E-state index contributed by atoms with van der Waals surface area (Å²) in [6.45, 7) is 3.89. The van der Waals surface area contributed by atoms with Crippen molar-refractivity contribution in [2.45, 2.75) is 13.8 Å². The van der Waals surface area contributed by atoms with Gasteiger partial charge in [-0.1, -0.05) is 45.5 Å². The second kappa shape index (κ2) is 7.33. The lowest BCUT2D eigenvalue weighted by atomic mass is 10.2. The molecule has 5 nitrogen and oxygen atoms in total. The average Bonchev–Trinajstić information content (AvgIpc) is 2.82. The molecule has 1 N–H and O–H groups in total. The molecule has 0 unspecified atom stereocenters. The zero-order chi connectivity index (χ0) is 15.2. The molecule has 0 aliphatic rings. The predicted octanol–water partition coefficient (Wildman–Crippen LogP) is 3.84. The number of benzene rings is 1. The van der Waals surface area contributed by atoms with E-state index in [1.165, 1.54) is 11.3 Å². The number of aromatic nitrogens is 1. The summed E-state index contributed by atoms with van der Waals surface area (Å²) in [5, 5.41) is 4.68. The van der Waals surface area contributed by atoms with E-state index in [-0.39, 0.29) is 5.97 Å². The normalized spacial score (nSPS) is 10.8. The molecule has 0 saturated heterocycles. The van der Waals surface area contributed by atoms with Crippen LogP contribution in [-0.4, -0.2) is 23.8 Å². The Balaban J connectivity index is 2.06. The molecule has 0 radical (unpaired) electrons. The highest BCUT2D eigenvalue weighted by atomic mass is 79.9. The smallest absolute Gasteiger partial charge is 0.350 e. The average molecular weight is 368 g/mol. The summed E-state index contributed by atoms with van der Waals surface area (Å²) in [4.78, 5) is 16.4. The summed E-state index contributed by atoms with van der Waals surface area (Å²) in [5.74, 6) is -0.352. The minimum absolute atomic E-state index is 0.346. The molecule has 1 aromatic heterocycles. The van der Waals surface area contributed by atoms with Gasteiger partial charge in [0, 0.05) is 10.0 Å². The van der Waals surface area contributed by atoms with Crippen molar-refractivity contribution in [3.63, 3.8) is 0 Å². The highest BCUT2D eigenvalue weighted by Crippen LogP contribution is 2.23. The minimum Gasteiger partial charge on any atom is -0.462 e. The number of hydrogen-bond acceptors (Lipinski definition) is 6. The SMILES string of the molecule is CCOC(=O)c1sc(N/N=C\c2ccccc2Br)nc1C. The van der Waals surface area contributed by atoms with E-state index >= 15 is 0 Å². The molecule has 0 saturated carbocycles. The van der Waals surface area contributed by atoms with Gasteiger partial charge in [-0.25, -0.2) is 9.78 Å². The lowest BCUT2D eigenvalue weighted by molar-refractivity contribution is 0.0531. The van der Waals surface area contributed by atoms with Crippen LogP contribution in [0.2, 0.25) is 0 Å². The molecule has 0 fully saturated rings. The lowest BCUT2D eigenvalue weighted by Crippen LogP contribution is -2.03. The number of nitrogens with zero attached hydrogens (tertiary/aromatic N) is 2. The third-order valence-corrected chi connectivity index (χ3v) is 4.29. The number of halogens is 1. The largest absolute Gasteiger partial charge is 0.462 e. The minimum atomic E-state index is -0.352. The van der Waals surface area contributed by atoms with Gasteiger partial charge in [-0.3, -0.25) is 5.43 Å². The summed E-state index contributed by atoms with van der Waals surface area (Å²) < 4.78 is 5.93. The maximum absolute atomic E-state index is 11.7. The van der Waals surface area contributed by atoms with Crippen LogP contribution in [-0.2, 0) is 4.74 Å². The van der Waals surface area contributed by atoms with E-state index in [0.717, 1.165) is 10.0 Å². The summed E-state index contributed by atoms with van der Waals surface area (Å²) in [7, 11) is 0. The van der Waals surface area contributed by atoms with Gasteiger partial charge in [-0.05, 0) is 19.9 Å². The Kier molecular flexibility index (Phi) is 5.46. The van der Waals surface area contributed by atoms with E-state index in [1.54, 1.807) is 20.1 Å². The van der Waals surface area contributed by atoms with Crippen molar-refractivity contribution in [1.29, 1.82) is 0 Å². The number of aryl methyl sites for hydroxylation is 1. The standard InChI is InChI=1S/C14H14BrN3O2S/c1-3-20-13(19)12-9(2)17-14(21-12)18-16-8-10-6-4-5-7-11(10)15/h4-8H,3H2,1-2H3,(H,17,18)/b16-8-. The first-order valence-electron chi connectivity index (χ1n) is 6.30. The van der Waals surface area contributed by atoms with Gasteiger partial charge in [0.05, 0.1) is 18.5 Å². The van der Waals surface area contributed by atoms with Crippen LogP contribution in [0.4, 0.5) is 5.13 Å².